The first-order valence-corrected chi connectivity index (χ1v) is 7.87. The predicted octanol–water partition coefficient (Wildman–Crippen LogP) is 2.76. The molecule has 25 heavy (non-hydrogen) atoms. The van der Waals surface area contributed by atoms with E-state index in [1.54, 1.807) is 11.6 Å². The second kappa shape index (κ2) is 5.53. The number of fused-ring (bicyclic) bond motifs is 3. The van der Waals surface area contributed by atoms with Gasteiger partial charge in [0.1, 0.15) is 17.4 Å². The zero-order valence-corrected chi connectivity index (χ0v) is 13.6. The minimum atomic E-state index is -0.543. The average Bonchev–Trinajstić information content (AvgIpc) is 2.66. The number of nitrogens with two attached hydrogens (primary N) is 1. The lowest BCUT2D eigenvalue weighted by atomic mass is 9.83. The van der Waals surface area contributed by atoms with Crippen LogP contribution in [0.5, 0.6) is 5.75 Å². The molecule has 0 radical (unpaired) electrons. The molecule has 0 saturated carbocycles. The SMILES string of the molecule is Cn1c(=O)c2c(c3ccccc31)OC(N)=C(C#N)[C@@H]2c1ccccc1. The third kappa shape index (κ3) is 2.12. The normalized spacial score (nSPS) is 16.2. The lowest BCUT2D eigenvalue weighted by Crippen LogP contribution is -2.31. The molecule has 4 rings (SSSR count). The number of allylic oxidation sites excluding steroid dienone is 1. The lowest BCUT2D eigenvalue weighted by Gasteiger charge is -2.27. The van der Waals surface area contributed by atoms with Crippen LogP contribution in [0.15, 0.2) is 70.8 Å². The van der Waals surface area contributed by atoms with Gasteiger partial charge in [0, 0.05) is 12.4 Å². The van der Waals surface area contributed by atoms with Crippen LogP contribution in [0.25, 0.3) is 10.9 Å². The predicted molar refractivity (Wildman–Crippen MR) is 94.9 cm³/mol. The summed E-state index contributed by atoms with van der Waals surface area (Å²) in [6.45, 7) is 0. The van der Waals surface area contributed by atoms with Crippen LogP contribution in [-0.4, -0.2) is 4.57 Å². The second-order valence-electron chi connectivity index (χ2n) is 5.96. The van der Waals surface area contributed by atoms with Crippen molar-refractivity contribution in [2.45, 2.75) is 5.92 Å². The highest BCUT2D eigenvalue weighted by Crippen LogP contribution is 2.43. The zero-order chi connectivity index (χ0) is 17.6. The van der Waals surface area contributed by atoms with Gasteiger partial charge in [-0.15, -0.1) is 0 Å². The Balaban J connectivity index is 2.15. The molecule has 1 aliphatic rings. The van der Waals surface area contributed by atoms with Gasteiger partial charge in [-0.1, -0.05) is 42.5 Å². The summed E-state index contributed by atoms with van der Waals surface area (Å²) in [5.74, 6) is -0.0652. The number of para-hydroxylation sites is 1. The largest absolute Gasteiger partial charge is 0.439 e. The van der Waals surface area contributed by atoms with Crippen LogP contribution in [0.4, 0.5) is 0 Å². The zero-order valence-electron chi connectivity index (χ0n) is 13.6. The first-order valence-electron chi connectivity index (χ1n) is 7.87. The first-order chi connectivity index (χ1) is 12.1. The van der Waals surface area contributed by atoms with Crippen molar-refractivity contribution in [1.82, 2.24) is 4.57 Å². The summed E-state index contributed by atoms with van der Waals surface area (Å²) < 4.78 is 7.34. The molecule has 1 aliphatic heterocycles. The number of nitrogens with zero attached hydrogens (tertiary/aromatic N) is 2. The molecule has 0 aliphatic carbocycles. The molecule has 5 nitrogen and oxygen atoms in total. The average molecular weight is 329 g/mol. The van der Waals surface area contributed by atoms with E-state index in [1.807, 2.05) is 54.6 Å². The molecule has 1 aromatic heterocycles. The molecule has 0 spiro atoms. The fourth-order valence-electron chi connectivity index (χ4n) is 3.40. The van der Waals surface area contributed by atoms with Gasteiger partial charge in [-0.05, 0) is 17.7 Å². The van der Waals surface area contributed by atoms with Crippen LogP contribution in [0, 0.1) is 11.3 Å². The van der Waals surface area contributed by atoms with E-state index >= 15 is 0 Å². The van der Waals surface area contributed by atoms with Crippen LogP contribution in [0.3, 0.4) is 0 Å². The Morgan fingerprint density at radius 3 is 2.52 bits per heavy atom. The van der Waals surface area contributed by atoms with E-state index in [0.29, 0.717) is 11.3 Å². The van der Waals surface area contributed by atoms with Crippen LogP contribution in [0.1, 0.15) is 17.0 Å². The van der Waals surface area contributed by atoms with Crippen molar-refractivity contribution in [2.75, 3.05) is 0 Å². The summed E-state index contributed by atoms with van der Waals surface area (Å²) in [6.07, 6.45) is 0. The maximum absolute atomic E-state index is 13.1. The second-order valence-corrected chi connectivity index (χ2v) is 5.96. The maximum atomic E-state index is 13.1. The molecule has 0 amide bonds. The van der Waals surface area contributed by atoms with Crippen molar-refractivity contribution < 1.29 is 4.74 Å². The molecule has 2 heterocycles. The lowest BCUT2D eigenvalue weighted by molar-refractivity contribution is 0.396. The number of benzene rings is 2. The van der Waals surface area contributed by atoms with Gasteiger partial charge in [-0.25, -0.2) is 0 Å². The third-order valence-corrected chi connectivity index (χ3v) is 4.60. The number of hydrogen-bond donors (Lipinski definition) is 1. The quantitative estimate of drug-likeness (QED) is 0.744. The van der Waals surface area contributed by atoms with Gasteiger partial charge in [0.15, 0.2) is 0 Å². The van der Waals surface area contributed by atoms with E-state index in [0.717, 1.165) is 16.5 Å². The Bertz CT molecular complexity index is 1120. The van der Waals surface area contributed by atoms with Gasteiger partial charge >= 0.3 is 0 Å². The maximum Gasteiger partial charge on any atom is 0.258 e. The number of rotatable bonds is 1. The van der Waals surface area contributed by atoms with Crippen LogP contribution in [0.2, 0.25) is 0 Å². The summed E-state index contributed by atoms with van der Waals surface area (Å²) >= 11 is 0. The van der Waals surface area contributed by atoms with Gasteiger partial charge in [0.25, 0.3) is 5.56 Å². The molecule has 122 valence electrons. The standard InChI is InChI=1S/C20H15N3O2/c1-23-15-10-6-5-9-13(15)18-17(20(23)24)16(12-7-3-2-4-8-12)14(11-21)19(22)25-18/h2-10,16H,22H2,1H3/t16-/m0/s1. The summed E-state index contributed by atoms with van der Waals surface area (Å²) in [4.78, 5) is 13.1. The number of hydrogen-bond acceptors (Lipinski definition) is 4. The van der Waals surface area contributed by atoms with Gasteiger partial charge in [-0.3, -0.25) is 4.79 Å². The van der Waals surface area contributed by atoms with Crippen molar-refractivity contribution in [3.8, 4) is 11.8 Å². The Morgan fingerprint density at radius 1 is 1.12 bits per heavy atom. The van der Waals surface area contributed by atoms with Gasteiger partial charge < -0.3 is 15.0 Å². The van der Waals surface area contributed by atoms with Crippen molar-refractivity contribution in [2.24, 2.45) is 12.8 Å². The molecule has 0 saturated heterocycles. The molecule has 1 atom stereocenters. The van der Waals surface area contributed by atoms with E-state index in [9.17, 15) is 10.1 Å². The van der Waals surface area contributed by atoms with E-state index in [2.05, 4.69) is 6.07 Å². The van der Waals surface area contributed by atoms with Crippen LogP contribution < -0.4 is 16.0 Å². The van der Waals surface area contributed by atoms with Crippen LogP contribution >= 0.6 is 0 Å². The molecular formula is C20H15N3O2. The van der Waals surface area contributed by atoms with E-state index < -0.39 is 5.92 Å². The Hall–Kier alpha value is -3.52. The molecule has 2 aromatic carbocycles. The Morgan fingerprint density at radius 2 is 1.80 bits per heavy atom. The molecule has 3 aromatic rings. The minimum Gasteiger partial charge on any atom is -0.439 e. The van der Waals surface area contributed by atoms with E-state index in [-0.39, 0.29) is 17.0 Å². The first kappa shape index (κ1) is 15.0. The molecule has 2 N–H and O–H groups in total. The number of aryl methyl sites for hydroxylation is 1. The number of pyridine rings is 1. The fraction of sp³-hybridized carbons (Fsp3) is 0.100. The monoisotopic (exact) mass is 329 g/mol. The summed E-state index contributed by atoms with van der Waals surface area (Å²) in [5, 5.41) is 10.4. The fourth-order valence-corrected chi connectivity index (χ4v) is 3.40. The Labute approximate surface area is 144 Å². The van der Waals surface area contributed by atoms with Gasteiger partial charge in [0.2, 0.25) is 5.88 Å². The van der Waals surface area contributed by atoms with Crippen LogP contribution in [-0.2, 0) is 7.05 Å². The van der Waals surface area contributed by atoms with Crippen molar-refractivity contribution in [3.63, 3.8) is 0 Å². The van der Waals surface area contributed by atoms with Crippen molar-refractivity contribution in [1.29, 1.82) is 5.26 Å². The topological polar surface area (TPSA) is 81.0 Å². The number of aromatic nitrogens is 1. The van der Waals surface area contributed by atoms with E-state index in [1.165, 1.54) is 0 Å². The number of nitriles is 1. The van der Waals surface area contributed by atoms with Gasteiger partial charge in [-0.2, -0.15) is 5.26 Å². The minimum absolute atomic E-state index is 0.0438. The highest BCUT2D eigenvalue weighted by Gasteiger charge is 2.34. The molecule has 0 unspecified atom stereocenters. The molecule has 0 bridgehead atoms. The van der Waals surface area contributed by atoms with Crippen molar-refractivity contribution >= 4 is 10.9 Å². The summed E-state index contributed by atoms with van der Waals surface area (Å²) in [7, 11) is 1.72. The Kier molecular flexibility index (Phi) is 3.33. The molecule has 0 fully saturated rings. The number of ether oxygens (including phenoxy) is 1. The summed E-state index contributed by atoms with van der Waals surface area (Å²) in [6, 6.07) is 19.0. The summed E-state index contributed by atoms with van der Waals surface area (Å²) in [5.41, 5.74) is 8.13. The van der Waals surface area contributed by atoms with Crippen molar-refractivity contribution in [3.05, 3.63) is 87.5 Å². The third-order valence-electron chi connectivity index (χ3n) is 4.60. The molecular weight excluding hydrogens is 314 g/mol. The molecule has 5 heteroatoms. The highest BCUT2D eigenvalue weighted by molar-refractivity contribution is 5.88. The van der Waals surface area contributed by atoms with E-state index in [4.69, 9.17) is 10.5 Å². The smallest absolute Gasteiger partial charge is 0.258 e. The highest BCUT2D eigenvalue weighted by atomic mass is 16.5. The van der Waals surface area contributed by atoms with Gasteiger partial charge in [0.05, 0.1) is 17.0 Å².